The van der Waals surface area contributed by atoms with Crippen molar-refractivity contribution in [2.24, 2.45) is 0 Å². The molecule has 1 unspecified atom stereocenters. The van der Waals surface area contributed by atoms with Gasteiger partial charge >= 0.3 is 6.61 Å². The van der Waals surface area contributed by atoms with Gasteiger partial charge in [0.25, 0.3) is 0 Å². The van der Waals surface area contributed by atoms with Crippen molar-refractivity contribution in [3.05, 3.63) is 23.8 Å². The third-order valence-corrected chi connectivity index (χ3v) is 3.12. The highest BCUT2D eigenvalue weighted by atomic mass is 19.3. The SMILES string of the molecule is CCCCCCC(O)c1ccc(OC)c(OC(F)F)c1. The summed E-state index contributed by atoms with van der Waals surface area (Å²) >= 11 is 0. The Labute approximate surface area is 118 Å². The quantitative estimate of drug-likeness (QED) is 0.688. The molecule has 20 heavy (non-hydrogen) atoms. The van der Waals surface area contributed by atoms with Crippen LogP contribution in [-0.2, 0) is 0 Å². The molecule has 1 aromatic rings. The molecule has 1 rings (SSSR count). The summed E-state index contributed by atoms with van der Waals surface area (Å²) in [5.74, 6) is 0.180. The number of benzene rings is 1. The first kappa shape index (κ1) is 16.7. The molecule has 0 aliphatic heterocycles. The zero-order valence-electron chi connectivity index (χ0n) is 11.9. The number of ether oxygens (including phenoxy) is 2. The molecule has 0 amide bonds. The number of alkyl halides is 2. The predicted octanol–water partition coefficient (Wildman–Crippen LogP) is 4.30. The van der Waals surface area contributed by atoms with E-state index in [0.717, 1.165) is 25.7 Å². The van der Waals surface area contributed by atoms with Crippen molar-refractivity contribution in [2.45, 2.75) is 51.7 Å². The second-order valence-corrected chi connectivity index (χ2v) is 4.65. The maximum absolute atomic E-state index is 12.3. The van der Waals surface area contributed by atoms with Gasteiger partial charge in [0.05, 0.1) is 13.2 Å². The summed E-state index contributed by atoms with van der Waals surface area (Å²) in [7, 11) is 1.38. The van der Waals surface area contributed by atoms with Crippen molar-refractivity contribution in [1.29, 1.82) is 0 Å². The van der Waals surface area contributed by atoms with Crippen LogP contribution in [0, 0.1) is 0 Å². The van der Waals surface area contributed by atoms with E-state index in [1.54, 1.807) is 6.07 Å². The maximum Gasteiger partial charge on any atom is 0.387 e. The van der Waals surface area contributed by atoms with Gasteiger partial charge in [0.2, 0.25) is 0 Å². The third kappa shape index (κ3) is 5.33. The van der Waals surface area contributed by atoms with Crippen LogP contribution in [0.2, 0.25) is 0 Å². The first-order valence-corrected chi connectivity index (χ1v) is 6.89. The monoisotopic (exact) mass is 288 g/mol. The second kappa shape index (κ2) is 8.74. The van der Waals surface area contributed by atoms with Gasteiger partial charge in [0.1, 0.15) is 0 Å². The van der Waals surface area contributed by atoms with Gasteiger partial charge in [0.15, 0.2) is 11.5 Å². The van der Waals surface area contributed by atoms with Crippen molar-refractivity contribution in [1.82, 2.24) is 0 Å². The van der Waals surface area contributed by atoms with E-state index in [9.17, 15) is 13.9 Å². The van der Waals surface area contributed by atoms with E-state index in [0.29, 0.717) is 12.0 Å². The summed E-state index contributed by atoms with van der Waals surface area (Å²) in [5, 5.41) is 10.1. The number of aliphatic hydroxyl groups is 1. The average Bonchev–Trinajstić information content (AvgIpc) is 2.42. The molecular weight excluding hydrogens is 266 g/mol. The maximum atomic E-state index is 12.3. The standard InChI is InChI=1S/C15H22F2O3/c1-3-4-5-6-7-12(18)11-8-9-13(19-2)14(10-11)20-15(16)17/h8-10,12,15,18H,3-7H2,1-2H3. The van der Waals surface area contributed by atoms with Gasteiger partial charge in [0, 0.05) is 0 Å². The van der Waals surface area contributed by atoms with Crippen molar-refractivity contribution >= 4 is 0 Å². The Hall–Kier alpha value is -1.36. The van der Waals surface area contributed by atoms with Gasteiger partial charge in [-0.2, -0.15) is 8.78 Å². The summed E-state index contributed by atoms with van der Waals surface area (Å²) in [5.41, 5.74) is 0.568. The molecule has 0 spiro atoms. The second-order valence-electron chi connectivity index (χ2n) is 4.65. The number of halogens is 2. The lowest BCUT2D eigenvalue weighted by molar-refractivity contribution is -0.0513. The van der Waals surface area contributed by atoms with E-state index in [2.05, 4.69) is 11.7 Å². The molecule has 0 aliphatic carbocycles. The lowest BCUT2D eigenvalue weighted by Gasteiger charge is -2.15. The molecule has 0 saturated carbocycles. The minimum absolute atomic E-state index is 0.0485. The van der Waals surface area contributed by atoms with Gasteiger partial charge in [-0.05, 0) is 24.1 Å². The molecule has 3 nitrogen and oxygen atoms in total. The molecule has 0 heterocycles. The molecule has 114 valence electrons. The van der Waals surface area contributed by atoms with Crippen LogP contribution < -0.4 is 9.47 Å². The smallest absolute Gasteiger partial charge is 0.387 e. The Balaban J connectivity index is 2.69. The number of hydrogen-bond donors (Lipinski definition) is 1. The highest BCUT2D eigenvalue weighted by Gasteiger charge is 2.14. The van der Waals surface area contributed by atoms with Crippen LogP contribution in [0.5, 0.6) is 11.5 Å². The molecule has 0 saturated heterocycles. The Bertz CT molecular complexity index is 397. The highest BCUT2D eigenvalue weighted by molar-refractivity contribution is 5.43. The Morgan fingerprint density at radius 1 is 1.15 bits per heavy atom. The number of rotatable bonds is 9. The number of aliphatic hydroxyl groups excluding tert-OH is 1. The molecule has 0 bridgehead atoms. The first-order valence-electron chi connectivity index (χ1n) is 6.89. The number of methoxy groups -OCH3 is 1. The zero-order valence-corrected chi connectivity index (χ0v) is 11.9. The molecule has 5 heteroatoms. The Kier molecular flexibility index (Phi) is 7.30. The number of hydrogen-bond acceptors (Lipinski definition) is 3. The minimum atomic E-state index is -2.92. The molecule has 0 aromatic heterocycles. The molecule has 1 atom stereocenters. The van der Waals surface area contributed by atoms with Crippen LogP contribution >= 0.6 is 0 Å². The molecular formula is C15H22F2O3. The first-order chi connectivity index (χ1) is 9.58. The molecule has 1 N–H and O–H groups in total. The van der Waals surface area contributed by atoms with Gasteiger partial charge in [-0.1, -0.05) is 38.7 Å². The predicted molar refractivity (Wildman–Crippen MR) is 73.3 cm³/mol. The number of unbranched alkanes of at least 4 members (excludes halogenated alkanes) is 3. The molecule has 0 radical (unpaired) electrons. The lowest BCUT2D eigenvalue weighted by atomic mass is 10.0. The van der Waals surface area contributed by atoms with Crippen LogP contribution in [0.4, 0.5) is 8.78 Å². The van der Waals surface area contributed by atoms with Crippen LogP contribution in [0.15, 0.2) is 18.2 Å². The largest absolute Gasteiger partial charge is 0.493 e. The van der Waals surface area contributed by atoms with Crippen molar-refractivity contribution < 1.29 is 23.4 Å². The average molecular weight is 288 g/mol. The summed E-state index contributed by atoms with van der Waals surface area (Å²) in [6.07, 6.45) is 4.18. The summed E-state index contributed by atoms with van der Waals surface area (Å²) in [4.78, 5) is 0. The van der Waals surface area contributed by atoms with Crippen LogP contribution in [0.3, 0.4) is 0 Å². The van der Waals surface area contributed by atoms with Gasteiger partial charge in [-0.15, -0.1) is 0 Å². The van der Waals surface area contributed by atoms with Gasteiger partial charge in [-0.25, -0.2) is 0 Å². The topological polar surface area (TPSA) is 38.7 Å². The summed E-state index contributed by atoms with van der Waals surface area (Å²) in [6, 6.07) is 4.61. The van der Waals surface area contributed by atoms with Crippen molar-refractivity contribution in [3.63, 3.8) is 0 Å². The third-order valence-electron chi connectivity index (χ3n) is 3.12. The fourth-order valence-corrected chi connectivity index (χ4v) is 2.02. The molecule has 0 aliphatic rings. The minimum Gasteiger partial charge on any atom is -0.493 e. The van der Waals surface area contributed by atoms with E-state index in [1.807, 2.05) is 0 Å². The molecule has 1 aromatic carbocycles. The van der Waals surface area contributed by atoms with Gasteiger partial charge in [-0.3, -0.25) is 0 Å². The Morgan fingerprint density at radius 2 is 1.90 bits per heavy atom. The molecule has 0 fully saturated rings. The Morgan fingerprint density at radius 3 is 2.50 bits per heavy atom. The van der Waals surface area contributed by atoms with Crippen LogP contribution in [0.1, 0.15) is 50.7 Å². The van der Waals surface area contributed by atoms with Gasteiger partial charge < -0.3 is 14.6 Å². The van der Waals surface area contributed by atoms with E-state index in [1.165, 1.54) is 19.2 Å². The van der Waals surface area contributed by atoms with E-state index >= 15 is 0 Å². The van der Waals surface area contributed by atoms with Crippen LogP contribution in [0.25, 0.3) is 0 Å². The fraction of sp³-hybridized carbons (Fsp3) is 0.600. The summed E-state index contributed by atoms with van der Waals surface area (Å²) < 4.78 is 34.0. The van der Waals surface area contributed by atoms with Crippen LogP contribution in [-0.4, -0.2) is 18.8 Å². The van der Waals surface area contributed by atoms with E-state index < -0.39 is 12.7 Å². The van der Waals surface area contributed by atoms with Crippen molar-refractivity contribution in [3.8, 4) is 11.5 Å². The van der Waals surface area contributed by atoms with Crippen molar-refractivity contribution in [2.75, 3.05) is 7.11 Å². The van der Waals surface area contributed by atoms with E-state index in [-0.39, 0.29) is 11.5 Å². The fourth-order valence-electron chi connectivity index (χ4n) is 2.02. The normalized spacial score (nSPS) is 12.5. The highest BCUT2D eigenvalue weighted by Crippen LogP contribution is 2.32. The van der Waals surface area contributed by atoms with E-state index in [4.69, 9.17) is 4.74 Å². The zero-order chi connectivity index (χ0) is 15.0. The lowest BCUT2D eigenvalue weighted by Crippen LogP contribution is -2.05. The summed E-state index contributed by atoms with van der Waals surface area (Å²) in [6.45, 7) is -0.797.